The molecule has 200 valence electrons. The number of halogens is 5. The molecule has 0 aliphatic heterocycles. The zero-order chi connectivity index (χ0) is 27.6. The molecule has 3 aromatic rings. The summed E-state index contributed by atoms with van der Waals surface area (Å²) in [6, 6.07) is 15.2. The zero-order valence-electron chi connectivity index (χ0n) is 20.4. The zero-order valence-corrected chi connectivity index (χ0v) is 24.2. The van der Waals surface area contributed by atoms with Gasteiger partial charge in [-0.1, -0.05) is 34.8 Å². The van der Waals surface area contributed by atoms with E-state index in [4.69, 9.17) is 62.7 Å². The summed E-state index contributed by atoms with van der Waals surface area (Å²) in [6.07, 6.45) is 0. The second-order valence-electron chi connectivity index (χ2n) is 8.92. The van der Waals surface area contributed by atoms with Crippen LogP contribution in [-0.4, -0.2) is 36.4 Å². The topological polar surface area (TPSA) is 79.5 Å². The normalized spacial score (nSPS) is 17.6. The Hall–Kier alpha value is -2.19. The van der Waals surface area contributed by atoms with E-state index in [2.05, 4.69) is 16.0 Å². The number of hydrogen-bond donors (Lipinski definition) is 3. The molecule has 3 aromatic carbocycles. The van der Waals surface area contributed by atoms with Gasteiger partial charge in [-0.15, -0.1) is 23.2 Å². The molecule has 0 saturated heterocycles. The Labute approximate surface area is 245 Å². The first-order chi connectivity index (χ1) is 18.0. The van der Waals surface area contributed by atoms with Gasteiger partial charge in [0, 0.05) is 46.7 Å². The van der Waals surface area contributed by atoms with Crippen molar-refractivity contribution in [1.82, 2.24) is 0 Å². The lowest BCUT2D eigenvalue weighted by Gasteiger charge is -2.13. The molecular weight excluding hydrogens is 592 g/mol. The molecule has 1 aliphatic carbocycles. The third-order valence-corrected chi connectivity index (χ3v) is 7.87. The monoisotopic (exact) mass is 613 g/mol. The molecule has 38 heavy (non-hydrogen) atoms. The van der Waals surface area contributed by atoms with Gasteiger partial charge in [0.2, 0.25) is 5.91 Å². The lowest BCUT2D eigenvalue weighted by molar-refractivity contribution is -0.117. The summed E-state index contributed by atoms with van der Waals surface area (Å²) in [5.74, 6) is -2.06. The van der Waals surface area contributed by atoms with Gasteiger partial charge in [-0.2, -0.15) is 0 Å². The van der Waals surface area contributed by atoms with Crippen molar-refractivity contribution in [3.05, 3.63) is 86.4 Å². The van der Waals surface area contributed by atoms with Crippen molar-refractivity contribution in [2.45, 2.75) is 17.2 Å². The van der Waals surface area contributed by atoms with Crippen molar-refractivity contribution >= 4 is 86.9 Å². The largest absolute Gasteiger partial charge is 0.383 e. The molecule has 0 aromatic heterocycles. The van der Waals surface area contributed by atoms with E-state index in [-0.39, 0.29) is 10.6 Å². The Balaban J connectivity index is 1.46. The molecule has 2 amide bonds. The fraction of sp³-hybridized carbons (Fsp3) is 0.259. The van der Waals surface area contributed by atoms with Crippen LogP contribution in [0.15, 0.2) is 54.6 Å². The molecule has 3 N–H and O–H groups in total. The molecule has 1 saturated carbocycles. The average Bonchev–Trinajstić information content (AvgIpc) is 3.43. The van der Waals surface area contributed by atoms with Gasteiger partial charge < -0.3 is 20.7 Å². The smallest absolute Gasteiger partial charge is 0.257 e. The van der Waals surface area contributed by atoms with Gasteiger partial charge in [-0.05, 0) is 72.6 Å². The number of methoxy groups -OCH3 is 1. The summed E-state index contributed by atoms with van der Waals surface area (Å²) in [6.45, 7) is 3.13. The van der Waals surface area contributed by atoms with Crippen LogP contribution in [-0.2, 0) is 9.53 Å². The number of carbonyl (C=O) groups is 2. The number of nitrogens with one attached hydrogen (secondary N) is 3. The van der Waals surface area contributed by atoms with Crippen LogP contribution >= 0.6 is 58.0 Å². The highest BCUT2D eigenvalue weighted by molar-refractivity contribution is 6.53. The van der Waals surface area contributed by atoms with Crippen molar-refractivity contribution in [3.63, 3.8) is 0 Å². The van der Waals surface area contributed by atoms with Crippen molar-refractivity contribution in [1.29, 1.82) is 0 Å². The highest BCUT2D eigenvalue weighted by atomic mass is 35.5. The van der Waals surface area contributed by atoms with E-state index in [1.54, 1.807) is 37.4 Å². The molecular formula is C27H24Cl5N3O3. The first-order valence-corrected chi connectivity index (χ1v) is 13.5. The number of ether oxygens (including phenoxy) is 1. The van der Waals surface area contributed by atoms with Crippen molar-refractivity contribution in [2.75, 3.05) is 36.2 Å². The number of aryl methyl sites for hydroxylation is 1. The molecule has 0 radical (unpaired) electrons. The van der Waals surface area contributed by atoms with Crippen LogP contribution in [0.5, 0.6) is 0 Å². The fourth-order valence-electron chi connectivity index (χ4n) is 4.22. The van der Waals surface area contributed by atoms with Gasteiger partial charge in [0.1, 0.15) is 4.33 Å². The Morgan fingerprint density at radius 1 is 0.921 bits per heavy atom. The van der Waals surface area contributed by atoms with E-state index in [0.29, 0.717) is 40.1 Å². The molecule has 2 atom stereocenters. The molecule has 11 heteroatoms. The van der Waals surface area contributed by atoms with E-state index < -0.39 is 28.0 Å². The van der Waals surface area contributed by atoms with Gasteiger partial charge in [-0.3, -0.25) is 9.59 Å². The first kappa shape index (κ1) is 28.8. The number of carbonyl (C=O) groups excluding carboxylic acids is 2. The van der Waals surface area contributed by atoms with E-state index in [9.17, 15) is 9.59 Å². The second kappa shape index (κ2) is 11.9. The summed E-state index contributed by atoms with van der Waals surface area (Å²) < 4.78 is 3.72. The van der Waals surface area contributed by atoms with Crippen LogP contribution in [0.4, 0.5) is 17.1 Å². The van der Waals surface area contributed by atoms with Crippen LogP contribution in [0, 0.1) is 12.8 Å². The number of rotatable bonds is 9. The first-order valence-electron chi connectivity index (χ1n) is 11.6. The molecule has 1 fully saturated rings. The minimum absolute atomic E-state index is 0.197. The number of hydrogen-bond acceptors (Lipinski definition) is 4. The van der Waals surface area contributed by atoms with Crippen LogP contribution in [0.3, 0.4) is 0 Å². The SMILES string of the molecule is COCCNc1ccc(NC(=O)c2cc(NC(=O)C3[C@H](c4cc(Cl)cc(Cl)c4)C3(Cl)Cl)ccc2Cl)c(C)c1. The second-order valence-corrected chi connectivity index (χ2v) is 11.6. The van der Waals surface area contributed by atoms with Crippen molar-refractivity contribution in [2.24, 2.45) is 5.92 Å². The lowest BCUT2D eigenvalue weighted by Crippen LogP contribution is -2.18. The molecule has 1 unspecified atom stereocenters. The lowest BCUT2D eigenvalue weighted by atomic mass is 10.1. The fourth-order valence-corrected chi connectivity index (χ4v) is 5.79. The van der Waals surface area contributed by atoms with Crippen LogP contribution < -0.4 is 16.0 Å². The average molecular weight is 616 g/mol. The summed E-state index contributed by atoms with van der Waals surface area (Å²) in [7, 11) is 1.64. The molecule has 0 heterocycles. The van der Waals surface area contributed by atoms with Gasteiger partial charge >= 0.3 is 0 Å². The summed E-state index contributed by atoms with van der Waals surface area (Å²) in [4.78, 5) is 26.1. The standard InChI is InChI=1S/C27H24Cl5N3O3/c1-14-9-18(33-7-8-38-2)4-6-22(14)35-25(36)20-13-19(3-5-21(20)30)34-26(37)24-23(27(24,31)32)15-10-16(28)12-17(29)11-15/h3-6,9-13,23-24,33H,7-8H2,1-2H3,(H,34,37)(H,35,36)/t23-,24?/m0/s1. The van der Waals surface area contributed by atoms with Crippen molar-refractivity contribution in [3.8, 4) is 0 Å². The van der Waals surface area contributed by atoms with Gasteiger partial charge in [-0.25, -0.2) is 0 Å². The number of amides is 2. The minimum Gasteiger partial charge on any atom is -0.383 e. The van der Waals surface area contributed by atoms with Gasteiger partial charge in [0.15, 0.2) is 0 Å². The maximum absolute atomic E-state index is 13.1. The minimum atomic E-state index is -1.33. The number of benzene rings is 3. The summed E-state index contributed by atoms with van der Waals surface area (Å²) in [5, 5.41) is 9.98. The third-order valence-electron chi connectivity index (χ3n) is 6.17. The molecule has 6 nitrogen and oxygen atoms in total. The molecule has 0 bridgehead atoms. The third kappa shape index (κ3) is 6.50. The van der Waals surface area contributed by atoms with Crippen LogP contribution in [0.1, 0.15) is 27.4 Å². The Bertz CT molecular complexity index is 1360. The summed E-state index contributed by atoms with van der Waals surface area (Å²) in [5.41, 5.74) is 3.64. The maximum atomic E-state index is 13.1. The highest BCUT2D eigenvalue weighted by Gasteiger charge is 2.67. The molecule has 4 rings (SSSR count). The van der Waals surface area contributed by atoms with E-state index in [1.807, 2.05) is 19.1 Å². The Morgan fingerprint density at radius 2 is 1.61 bits per heavy atom. The van der Waals surface area contributed by atoms with Crippen molar-refractivity contribution < 1.29 is 14.3 Å². The predicted molar refractivity (Wildman–Crippen MR) is 157 cm³/mol. The molecule has 0 spiro atoms. The Kier molecular flexibility index (Phi) is 9.03. The van der Waals surface area contributed by atoms with Gasteiger partial charge in [0.25, 0.3) is 5.91 Å². The highest BCUT2D eigenvalue weighted by Crippen LogP contribution is 2.65. The maximum Gasteiger partial charge on any atom is 0.257 e. The number of alkyl halides is 2. The van der Waals surface area contributed by atoms with E-state index >= 15 is 0 Å². The van der Waals surface area contributed by atoms with E-state index in [1.165, 1.54) is 12.1 Å². The van der Waals surface area contributed by atoms with Crippen LogP contribution in [0.25, 0.3) is 0 Å². The van der Waals surface area contributed by atoms with Crippen LogP contribution in [0.2, 0.25) is 15.1 Å². The molecule has 1 aliphatic rings. The van der Waals surface area contributed by atoms with Gasteiger partial charge in [0.05, 0.1) is 23.1 Å². The predicted octanol–water partition coefficient (Wildman–Crippen LogP) is 7.79. The number of anilines is 3. The van der Waals surface area contributed by atoms with E-state index in [0.717, 1.165) is 11.3 Å². The Morgan fingerprint density at radius 3 is 2.26 bits per heavy atom. The quantitative estimate of drug-likeness (QED) is 0.170. The summed E-state index contributed by atoms with van der Waals surface area (Å²) >= 11 is 31.4.